The molecule has 2 aliphatic rings. The molecule has 0 radical (unpaired) electrons. The third-order valence-electron chi connectivity index (χ3n) is 5.94. The molecular formula is C21H25N3O5S2. The molecule has 10 heteroatoms. The summed E-state index contributed by atoms with van der Waals surface area (Å²) in [4.78, 5) is 19.3. The van der Waals surface area contributed by atoms with Gasteiger partial charge in [-0.25, -0.2) is 16.8 Å². The molecule has 2 aliphatic heterocycles. The van der Waals surface area contributed by atoms with Crippen molar-refractivity contribution in [1.82, 2.24) is 9.29 Å². The molecule has 2 aromatic rings. The minimum absolute atomic E-state index is 0.0218. The number of aromatic nitrogens is 1. The van der Waals surface area contributed by atoms with Gasteiger partial charge in [-0.3, -0.25) is 9.78 Å². The number of piperidine rings is 1. The van der Waals surface area contributed by atoms with Crippen molar-refractivity contribution in [2.75, 3.05) is 30.8 Å². The van der Waals surface area contributed by atoms with Crippen molar-refractivity contribution in [1.29, 1.82) is 0 Å². The first-order chi connectivity index (χ1) is 14.7. The van der Waals surface area contributed by atoms with E-state index in [4.69, 9.17) is 0 Å². The molecule has 1 aromatic heterocycles. The average Bonchev–Trinajstić information content (AvgIpc) is 2.78. The Balaban J connectivity index is 1.48. The lowest BCUT2D eigenvalue weighted by atomic mass is 9.94. The number of fused-ring (bicyclic) bond motifs is 1. The van der Waals surface area contributed by atoms with Crippen LogP contribution in [0.3, 0.4) is 0 Å². The SMILES string of the molecule is CS(=O)(=O)c1ccc2c(c1)CCCN2C(=O)C1CCN(S(=O)(=O)c2cccnc2)CC1. The van der Waals surface area contributed by atoms with Gasteiger partial charge in [-0.05, 0) is 61.6 Å². The lowest BCUT2D eigenvalue weighted by Gasteiger charge is -2.36. The quantitative estimate of drug-likeness (QED) is 0.686. The summed E-state index contributed by atoms with van der Waals surface area (Å²) in [6.45, 7) is 1.14. The van der Waals surface area contributed by atoms with E-state index in [1.165, 1.54) is 29.0 Å². The van der Waals surface area contributed by atoms with E-state index >= 15 is 0 Å². The number of carbonyl (C=O) groups is 1. The van der Waals surface area contributed by atoms with Crippen molar-refractivity contribution in [3.05, 3.63) is 48.3 Å². The highest BCUT2D eigenvalue weighted by molar-refractivity contribution is 7.90. The Labute approximate surface area is 182 Å². The molecule has 0 spiro atoms. The fourth-order valence-electron chi connectivity index (χ4n) is 4.25. The molecule has 0 saturated carbocycles. The first kappa shape index (κ1) is 21.9. The Kier molecular flexibility index (Phi) is 5.89. The summed E-state index contributed by atoms with van der Waals surface area (Å²) in [7, 11) is -6.92. The molecule has 1 fully saturated rings. The lowest BCUT2D eigenvalue weighted by Crippen LogP contribution is -2.45. The van der Waals surface area contributed by atoms with E-state index in [9.17, 15) is 21.6 Å². The van der Waals surface area contributed by atoms with Crippen LogP contribution >= 0.6 is 0 Å². The first-order valence-electron chi connectivity index (χ1n) is 10.2. The van der Waals surface area contributed by atoms with Gasteiger partial charge in [0, 0.05) is 49.9 Å². The van der Waals surface area contributed by atoms with Gasteiger partial charge in [-0.2, -0.15) is 4.31 Å². The summed E-state index contributed by atoms with van der Waals surface area (Å²) in [5.74, 6) is -0.285. The van der Waals surface area contributed by atoms with Gasteiger partial charge >= 0.3 is 0 Å². The van der Waals surface area contributed by atoms with E-state index in [-0.39, 0.29) is 34.7 Å². The summed E-state index contributed by atoms with van der Waals surface area (Å²) >= 11 is 0. The summed E-state index contributed by atoms with van der Waals surface area (Å²) in [6, 6.07) is 8.03. The molecule has 4 rings (SSSR count). The van der Waals surface area contributed by atoms with Crippen LogP contribution in [-0.2, 0) is 31.1 Å². The minimum Gasteiger partial charge on any atom is -0.312 e. The van der Waals surface area contributed by atoms with Gasteiger partial charge in [0.25, 0.3) is 0 Å². The van der Waals surface area contributed by atoms with Crippen LogP contribution in [0.15, 0.2) is 52.5 Å². The van der Waals surface area contributed by atoms with Gasteiger partial charge < -0.3 is 4.90 Å². The van der Waals surface area contributed by atoms with E-state index in [0.29, 0.717) is 19.4 Å². The zero-order valence-corrected chi connectivity index (χ0v) is 18.9. The zero-order valence-electron chi connectivity index (χ0n) is 17.3. The molecule has 3 heterocycles. The number of pyridine rings is 1. The van der Waals surface area contributed by atoms with E-state index in [0.717, 1.165) is 24.1 Å². The molecule has 0 bridgehead atoms. The highest BCUT2D eigenvalue weighted by Gasteiger charge is 2.35. The predicted molar refractivity (Wildman–Crippen MR) is 116 cm³/mol. The molecule has 0 N–H and O–H groups in total. The van der Waals surface area contributed by atoms with E-state index in [1.54, 1.807) is 29.2 Å². The van der Waals surface area contributed by atoms with Crippen molar-refractivity contribution in [3.63, 3.8) is 0 Å². The van der Waals surface area contributed by atoms with Gasteiger partial charge in [0.15, 0.2) is 9.84 Å². The predicted octanol–water partition coefficient (Wildman–Crippen LogP) is 1.87. The fraction of sp³-hybridized carbons (Fsp3) is 0.429. The number of amides is 1. The highest BCUT2D eigenvalue weighted by atomic mass is 32.2. The van der Waals surface area contributed by atoms with Gasteiger partial charge in [0.05, 0.1) is 4.90 Å². The maximum atomic E-state index is 13.3. The van der Waals surface area contributed by atoms with Crippen LogP contribution in [-0.4, -0.2) is 57.9 Å². The van der Waals surface area contributed by atoms with Gasteiger partial charge in [-0.1, -0.05) is 0 Å². The minimum atomic E-state index is -3.61. The Hall–Kier alpha value is -2.30. The molecule has 8 nitrogen and oxygen atoms in total. The number of hydrogen-bond acceptors (Lipinski definition) is 6. The largest absolute Gasteiger partial charge is 0.312 e. The number of anilines is 1. The number of hydrogen-bond donors (Lipinski definition) is 0. The maximum Gasteiger partial charge on any atom is 0.244 e. The average molecular weight is 464 g/mol. The zero-order chi connectivity index (χ0) is 22.2. The summed E-state index contributed by atoms with van der Waals surface area (Å²) in [6.07, 6.45) is 6.43. The Morgan fingerprint density at radius 1 is 1.03 bits per heavy atom. The maximum absolute atomic E-state index is 13.3. The highest BCUT2D eigenvalue weighted by Crippen LogP contribution is 2.33. The molecule has 0 unspecified atom stereocenters. The van der Waals surface area contributed by atoms with Crippen molar-refractivity contribution < 1.29 is 21.6 Å². The second kappa shape index (κ2) is 8.33. The van der Waals surface area contributed by atoms with Crippen LogP contribution in [0.1, 0.15) is 24.8 Å². The van der Waals surface area contributed by atoms with Crippen molar-refractivity contribution in [2.45, 2.75) is 35.5 Å². The molecule has 1 amide bonds. The van der Waals surface area contributed by atoms with E-state index in [1.807, 2.05) is 0 Å². The molecule has 31 heavy (non-hydrogen) atoms. The third-order valence-corrected chi connectivity index (χ3v) is 8.93. The smallest absolute Gasteiger partial charge is 0.244 e. The van der Waals surface area contributed by atoms with Crippen LogP contribution in [0.2, 0.25) is 0 Å². The fourth-order valence-corrected chi connectivity index (χ4v) is 6.35. The molecule has 0 aliphatic carbocycles. The monoisotopic (exact) mass is 463 g/mol. The Morgan fingerprint density at radius 2 is 1.77 bits per heavy atom. The number of nitrogens with zero attached hydrogens (tertiary/aromatic N) is 3. The third kappa shape index (κ3) is 4.37. The second-order valence-electron chi connectivity index (χ2n) is 8.02. The van der Waals surface area contributed by atoms with Crippen molar-refractivity contribution >= 4 is 31.5 Å². The summed E-state index contributed by atoms with van der Waals surface area (Å²) in [5, 5.41) is 0. The molecule has 1 aromatic carbocycles. The Morgan fingerprint density at radius 3 is 2.42 bits per heavy atom. The van der Waals surface area contributed by atoms with Gasteiger partial charge in [-0.15, -0.1) is 0 Å². The molecule has 166 valence electrons. The normalized spacial score (nSPS) is 18.5. The van der Waals surface area contributed by atoms with Crippen molar-refractivity contribution in [3.8, 4) is 0 Å². The lowest BCUT2D eigenvalue weighted by molar-refractivity contribution is -0.123. The summed E-state index contributed by atoms with van der Waals surface area (Å²) in [5.41, 5.74) is 1.62. The topological polar surface area (TPSA) is 105 Å². The first-order valence-corrected chi connectivity index (χ1v) is 13.6. The number of benzene rings is 1. The van der Waals surface area contributed by atoms with E-state index in [2.05, 4.69) is 4.98 Å². The Bertz CT molecular complexity index is 1190. The summed E-state index contributed by atoms with van der Waals surface area (Å²) < 4.78 is 50.7. The van der Waals surface area contributed by atoms with Crippen molar-refractivity contribution in [2.24, 2.45) is 5.92 Å². The van der Waals surface area contributed by atoms with Gasteiger partial charge in [0.2, 0.25) is 15.9 Å². The number of rotatable bonds is 4. The van der Waals surface area contributed by atoms with Crippen LogP contribution < -0.4 is 4.90 Å². The number of sulfone groups is 1. The number of aryl methyl sites for hydroxylation is 1. The molecular weight excluding hydrogens is 438 g/mol. The number of carbonyl (C=O) groups excluding carboxylic acids is 1. The van der Waals surface area contributed by atoms with E-state index < -0.39 is 19.9 Å². The molecule has 1 saturated heterocycles. The van der Waals surface area contributed by atoms with Crippen LogP contribution in [0.5, 0.6) is 0 Å². The number of sulfonamides is 1. The van der Waals surface area contributed by atoms with Crippen LogP contribution in [0, 0.1) is 5.92 Å². The molecule has 0 atom stereocenters. The standard InChI is InChI=1S/C21H25N3O5S2/c1-30(26,27)18-6-7-20-17(14-18)4-3-11-24(20)21(25)16-8-12-23(13-9-16)31(28,29)19-5-2-10-22-15-19/h2,5-7,10,14-16H,3-4,8-9,11-13H2,1H3. The second-order valence-corrected chi connectivity index (χ2v) is 12.0. The van der Waals surface area contributed by atoms with Crippen LogP contribution in [0.25, 0.3) is 0 Å². The van der Waals surface area contributed by atoms with Crippen LogP contribution in [0.4, 0.5) is 5.69 Å². The van der Waals surface area contributed by atoms with Gasteiger partial charge in [0.1, 0.15) is 4.90 Å².